The Kier molecular flexibility index (Phi) is 9.12. The van der Waals surface area contributed by atoms with Gasteiger partial charge in [-0.15, -0.1) is 0 Å². The molecule has 0 aliphatic carbocycles. The second-order valence-electron chi connectivity index (χ2n) is 4.54. The Hall–Kier alpha value is -0.390. The summed E-state index contributed by atoms with van der Waals surface area (Å²) in [5, 5.41) is 10.00. The third-order valence-electron chi connectivity index (χ3n) is 2.83. The molecule has 0 amide bonds. The molecule has 0 unspecified atom stereocenters. The van der Waals surface area contributed by atoms with Crippen molar-refractivity contribution in [3.8, 4) is 0 Å². The molecular formula is C16H23IO2. The molecule has 0 bridgehead atoms. The zero-order valence-electron chi connectivity index (χ0n) is 11.5. The van der Waals surface area contributed by atoms with Crippen molar-refractivity contribution in [2.24, 2.45) is 0 Å². The van der Waals surface area contributed by atoms with Gasteiger partial charge in [0.25, 0.3) is 0 Å². The molecule has 2 atom stereocenters. The van der Waals surface area contributed by atoms with Crippen LogP contribution in [0.15, 0.2) is 42.5 Å². The molecule has 1 N–H and O–H groups in total. The molecule has 0 aromatic heterocycles. The van der Waals surface area contributed by atoms with E-state index in [-0.39, 0.29) is 10.0 Å². The highest BCUT2D eigenvalue weighted by atomic mass is 127. The maximum absolute atomic E-state index is 10.00. The Morgan fingerprint density at radius 2 is 2.00 bits per heavy atom. The summed E-state index contributed by atoms with van der Waals surface area (Å²) in [6.45, 7) is 3.10. The van der Waals surface area contributed by atoms with Crippen molar-refractivity contribution < 1.29 is 9.84 Å². The highest BCUT2D eigenvalue weighted by Crippen LogP contribution is 2.15. The highest BCUT2D eigenvalue weighted by Gasteiger charge is 2.15. The van der Waals surface area contributed by atoms with Crippen molar-refractivity contribution in [1.29, 1.82) is 0 Å². The van der Waals surface area contributed by atoms with E-state index >= 15 is 0 Å². The Balaban J connectivity index is 2.16. The number of hydrogen-bond acceptors (Lipinski definition) is 2. The lowest BCUT2D eigenvalue weighted by Crippen LogP contribution is -2.25. The summed E-state index contributed by atoms with van der Waals surface area (Å²) >= 11 is 2.31. The first-order chi connectivity index (χ1) is 9.24. The van der Waals surface area contributed by atoms with E-state index in [1.165, 1.54) is 0 Å². The van der Waals surface area contributed by atoms with Gasteiger partial charge in [-0.05, 0) is 24.8 Å². The largest absolute Gasteiger partial charge is 0.390 e. The summed E-state index contributed by atoms with van der Waals surface area (Å²) in [5.74, 6) is 0. The smallest absolute Gasteiger partial charge is 0.0891 e. The average molecular weight is 374 g/mol. The van der Waals surface area contributed by atoms with Crippen molar-refractivity contribution >= 4 is 22.6 Å². The van der Waals surface area contributed by atoms with E-state index in [1.54, 1.807) is 0 Å². The van der Waals surface area contributed by atoms with Gasteiger partial charge in [0.2, 0.25) is 0 Å². The van der Waals surface area contributed by atoms with Crippen molar-refractivity contribution in [2.45, 2.75) is 42.8 Å². The van der Waals surface area contributed by atoms with Crippen molar-refractivity contribution in [3.63, 3.8) is 0 Å². The minimum Gasteiger partial charge on any atom is -0.390 e. The molecule has 0 radical (unpaired) electrons. The summed E-state index contributed by atoms with van der Waals surface area (Å²) in [7, 11) is 0. The van der Waals surface area contributed by atoms with Gasteiger partial charge in [-0.2, -0.15) is 0 Å². The van der Waals surface area contributed by atoms with Crippen LogP contribution in [0.3, 0.4) is 0 Å². The molecule has 0 saturated carbocycles. The van der Waals surface area contributed by atoms with Gasteiger partial charge in [0.05, 0.1) is 19.3 Å². The van der Waals surface area contributed by atoms with Gasteiger partial charge in [-0.25, -0.2) is 0 Å². The minimum atomic E-state index is -0.390. The topological polar surface area (TPSA) is 29.5 Å². The van der Waals surface area contributed by atoms with Crippen LogP contribution in [-0.2, 0) is 11.3 Å². The maximum atomic E-state index is 10.00. The highest BCUT2D eigenvalue weighted by molar-refractivity contribution is 14.1. The molecule has 19 heavy (non-hydrogen) atoms. The van der Waals surface area contributed by atoms with Gasteiger partial charge >= 0.3 is 0 Å². The quantitative estimate of drug-likeness (QED) is 0.400. The van der Waals surface area contributed by atoms with E-state index in [0.29, 0.717) is 13.2 Å². The van der Waals surface area contributed by atoms with Crippen LogP contribution in [0.2, 0.25) is 0 Å². The lowest BCUT2D eigenvalue weighted by molar-refractivity contribution is 0.0289. The maximum Gasteiger partial charge on any atom is 0.0891 e. The molecular weight excluding hydrogens is 351 g/mol. The zero-order valence-corrected chi connectivity index (χ0v) is 13.6. The molecule has 0 fully saturated rings. The number of rotatable bonds is 9. The molecule has 0 saturated heterocycles. The summed E-state index contributed by atoms with van der Waals surface area (Å²) < 4.78 is 5.80. The normalized spacial score (nSPS) is 14.7. The first-order valence-corrected chi connectivity index (χ1v) is 8.07. The van der Waals surface area contributed by atoms with Crippen LogP contribution in [0.5, 0.6) is 0 Å². The van der Waals surface area contributed by atoms with Crippen molar-refractivity contribution in [3.05, 3.63) is 48.0 Å². The third kappa shape index (κ3) is 7.70. The Labute approximate surface area is 130 Å². The monoisotopic (exact) mass is 374 g/mol. The van der Waals surface area contributed by atoms with Crippen LogP contribution in [0.4, 0.5) is 0 Å². The lowest BCUT2D eigenvalue weighted by atomic mass is 10.1. The molecule has 0 aliphatic rings. The number of aliphatic hydroxyl groups is 1. The standard InChI is InChI=1S/C16H23IO2/c1-2-3-4-8-11-15(17)16(18)13-19-12-14-9-6-5-7-10-14/h3-7,9-10,15-16,18H,2,8,11-13H2,1H3/b4-3-/t15-,16+/m1/s1. The van der Waals surface area contributed by atoms with Gasteiger partial charge in [-0.3, -0.25) is 0 Å². The van der Waals surface area contributed by atoms with Gasteiger partial charge in [0.15, 0.2) is 0 Å². The fourth-order valence-electron chi connectivity index (χ4n) is 1.71. The van der Waals surface area contributed by atoms with Crippen LogP contribution in [-0.4, -0.2) is 21.7 Å². The molecule has 1 rings (SSSR count). The number of aliphatic hydroxyl groups excluding tert-OH is 1. The molecule has 1 aromatic rings. The van der Waals surface area contributed by atoms with Crippen LogP contribution in [0, 0.1) is 0 Å². The number of allylic oxidation sites excluding steroid dienone is 2. The van der Waals surface area contributed by atoms with Crippen molar-refractivity contribution in [2.75, 3.05) is 6.61 Å². The molecule has 0 heterocycles. The summed E-state index contributed by atoms with van der Waals surface area (Å²) in [4.78, 5) is 0. The third-order valence-corrected chi connectivity index (χ3v) is 4.28. The lowest BCUT2D eigenvalue weighted by Gasteiger charge is -2.16. The second-order valence-corrected chi connectivity index (χ2v) is 6.14. The van der Waals surface area contributed by atoms with Crippen LogP contribution >= 0.6 is 22.6 Å². The number of hydrogen-bond donors (Lipinski definition) is 1. The van der Waals surface area contributed by atoms with E-state index in [1.807, 2.05) is 30.3 Å². The van der Waals surface area contributed by atoms with Crippen LogP contribution in [0.25, 0.3) is 0 Å². The summed E-state index contributed by atoms with van der Waals surface area (Å²) in [6, 6.07) is 10.0. The van der Waals surface area contributed by atoms with Gasteiger partial charge in [0.1, 0.15) is 0 Å². The molecule has 1 aromatic carbocycles. The number of ether oxygens (including phenoxy) is 1. The SMILES string of the molecule is CC/C=C\CC[C@@H](I)[C@@H](O)COCc1ccccc1. The zero-order chi connectivity index (χ0) is 13.9. The van der Waals surface area contributed by atoms with Gasteiger partial charge < -0.3 is 9.84 Å². The summed E-state index contributed by atoms with van der Waals surface area (Å²) in [6.07, 6.45) is 7.06. The first-order valence-electron chi connectivity index (χ1n) is 6.82. The van der Waals surface area contributed by atoms with Crippen LogP contribution < -0.4 is 0 Å². The Morgan fingerprint density at radius 1 is 1.26 bits per heavy atom. The number of halogens is 1. The van der Waals surface area contributed by atoms with Crippen LogP contribution in [0.1, 0.15) is 31.7 Å². The molecule has 106 valence electrons. The van der Waals surface area contributed by atoms with Gasteiger partial charge in [0, 0.05) is 3.92 Å². The first kappa shape index (κ1) is 16.7. The Morgan fingerprint density at radius 3 is 2.68 bits per heavy atom. The fourth-order valence-corrected chi connectivity index (χ4v) is 2.28. The van der Waals surface area contributed by atoms with Crippen molar-refractivity contribution in [1.82, 2.24) is 0 Å². The molecule has 0 aliphatic heterocycles. The minimum absolute atomic E-state index is 0.245. The van der Waals surface area contributed by atoms with Gasteiger partial charge in [-0.1, -0.05) is 72.0 Å². The van der Waals surface area contributed by atoms with E-state index in [4.69, 9.17) is 4.74 Å². The number of benzene rings is 1. The van der Waals surface area contributed by atoms with E-state index in [0.717, 1.165) is 24.8 Å². The predicted octanol–water partition coefficient (Wildman–Crippen LogP) is 4.11. The van der Waals surface area contributed by atoms with E-state index < -0.39 is 0 Å². The second kappa shape index (κ2) is 10.4. The average Bonchev–Trinajstić information content (AvgIpc) is 2.44. The number of alkyl halides is 1. The fraction of sp³-hybridized carbons (Fsp3) is 0.500. The predicted molar refractivity (Wildman–Crippen MR) is 88.6 cm³/mol. The molecule has 0 spiro atoms. The summed E-state index contributed by atoms with van der Waals surface area (Å²) in [5.41, 5.74) is 1.14. The van der Waals surface area contributed by atoms with E-state index in [2.05, 4.69) is 41.7 Å². The molecule has 2 nitrogen and oxygen atoms in total. The van der Waals surface area contributed by atoms with E-state index in [9.17, 15) is 5.11 Å². The molecule has 3 heteroatoms. The Bertz CT molecular complexity index is 351.